The van der Waals surface area contributed by atoms with Crippen LogP contribution in [0.2, 0.25) is 0 Å². The molecule has 4 nitrogen and oxygen atoms in total. The molecule has 1 aliphatic heterocycles. The third-order valence-corrected chi connectivity index (χ3v) is 5.12. The van der Waals surface area contributed by atoms with Crippen molar-refractivity contribution in [2.45, 2.75) is 45.0 Å². The average molecular weight is 307 g/mol. The van der Waals surface area contributed by atoms with Crippen molar-refractivity contribution >= 4 is 23.6 Å². The van der Waals surface area contributed by atoms with Gasteiger partial charge < -0.3 is 10.0 Å². The van der Waals surface area contributed by atoms with Gasteiger partial charge in [-0.3, -0.25) is 4.79 Å². The monoisotopic (exact) mass is 307 g/mol. The van der Waals surface area contributed by atoms with Gasteiger partial charge in [0.2, 0.25) is 0 Å². The predicted octanol–water partition coefficient (Wildman–Crippen LogP) is 3.07. The first-order valence-electron chi connectivity index (χ1n) is 7.20. The highest BCUT2D eigenvalue weighted by Gasteiger charge is 2.41. The summed E-state index contributed by atoms with van der Waals surface area (Å²) in [5.41, 5.74) is 2.60. The number of carboxylic acids is 1. The van der Waals surface area contributed by atoms with E-state index < -0.39 is 12.0 Å². The molecule has 1 aromatic rings. The van der Waals surface area contributed by atoms with Crippen molar-refractivity contribution in [2.75, 3.05) is 5.75 Å². The van der Waals surface area contributed by atoms with Crippen molar-refractivity contribution in [3.05, 3.63) is 34.9 Å². The van der Waals surface area contributed by atoms with Crippen LogP contribution in [0.15, 0.2) is 18.2 Å². The summed E-state index contributed by atoms with van der Waals surface area (Å²) in [5.74, 6) is -0.612. The van der Waals surface area contributed by atoms with E-state index in [-0.39, 0.29) is 11.3 Å². The minimum Gasteiger partial charge on any atom is -0.480 e. The van der Waals surface area contributed by atoms with Gasteiger partial charge >= 0.3 is 5.97 Å². The van der Waals surface area contributed by atoms with Crippen LogP contribution in [-0.4, -0.2) is 39.1 Å². The summed E-state index contributed by atoms with van der Waals surface area (Å²) < 4.78 is 0. The molecule has 21 heavy (non-hydrogen) atoms. The van der Waals surface area contributed by atoms with Gasteiger partial charge in [-0.25, -0.2) is 4.79 Å². The number of amides is 1. The van der Waals surface area contributed by atoms with Crippen molar-refractivity contribution in [3.8, 4) is 0 Å². The maximum absolute atomic E-state index is 12.8. The maximum Gasteiger partial charge on any atom is 0.327 e. The Labute approximate surface area is 129 Å². The Bertz CT molecular complexity index is 558. The lowest BCUT2D eigenvalue weighted by atomic mass is 10.0. The van der Waals surface area contributed by atoms with E-state index in [1.165, 1.54) is 0 Å². The quantitative estimate of drug-likeness (QED) is 0.929. The lowest BCUT2D eigenvalue weighted by Crippen LogP contribution is -2.45. The molecule has 0 saturated carbocycles. The van der Waals surface area contributed by atoms with Crippen LogP contribution in [0.5, 0.6) is 0 Å². The molecule has 1 fully saturated rings. The van der Waals surface area contributed by atoms with Crippen molar-refractivity contribution in [3.63, 3.8) is 0 Å². The SMILES string of the molecule is CCCC1SCC(C(=O)O)N1C(=O)c1ccc(C)cc1C. The summed E-state index contributed by atoms with van der Waals surface area (Å²) in [6, 6.07) is 4.94. The Morgan fingerprint density at radius 2 is 2.10 bits per heavy atom. The third kappa shape index (κ3) is 3.23. The van der Waals surface area contributed by atoms with Gasteiger partial charge in [-0.2, -0.15) is 0 Å². The minimum atomic E-state index is -0.917. The molecule has 0 spiro atoms. The van der Waals surface area contributed by atoms with E-state index in [1.54, 1.807) is 22.7 Å². The van der Waals surface area contributed by atoms with Gasteiger partial charge in [0, 0.05) is 11.3 Å². The lowest BCUT2D eigenvalue weighted by molar-refractivity contribution is -0.141. The molecule has 5 heteroatoms. The smallest absolute Gasteiger partial charge is 0.327 e. The highest BCUT2D eigenvalue weighted by Crippen LogP contribution is 2.34. The summed E-state index contributed by atoms with van der Waals surface area (Å²) in [6.45, 7) is 5.93. The second kappa shape index (κ2) is 6.52. The highest BCUT2D eigenvalue weighted by atomic mass is 32.2. The Balaban J connectivity index is 2.34. The molecular formula is C16H21NO3S. The van der Waals surface area contributed by atoms with Crippen LogP contribution >= 0.6 is 11.8 Å². The van der Waals surface area contributed by atoms with E-state index in [1.807, 2.05) is 26.0 Å². The van der Waals surface area contributed by atoms with Gasteiger partial charge in [0.25, 0.3) is 5.91 Å². The first-order valence-corrected chi connectivity index (χ1v) is 8.25. The van der Waals surface area contributed by atoms with Gasteiger partial charge in [-0.15, -0.1) is 11.8 Å². The number of rotatable bonds is 4. The van der Waals surface area contributed by atoms with E-state index in [0.717, 1.165) is 24.0 Å². The van der Waals surface area contributed by atoms with Gasteiger partial charge in [-0.05, 0) is 31.9 Å². The molecule has 2 atom stereocenters. The van der Waals surface area contributed by atoms with Gasteiger partial charge in [0.1, 0.15) is 6.04 Å². The maximum atomic E-state index is 12.8. The second-order valence-electron chi connectivity index (χ2n) is 5.46. The number of benzene rings is 1. The molecule has 0 aromatic heterocycles. The standard InChI is InChI=1S/C16H21NO3S/c1-4-5-14-17(13(9-21-14)16(19)20)15(18)12-7-6-10(2)8-11(12)3/h6-8,13-14H,4-5,9H2,1-3H3,(H,19,20). The molecule has 1 amide bonds. The number of nitrogens with zero attached hydrogens (tertiary/aromatic N) is 1. The number of aryl methyl sites for hydroxylation is 2. The van der Waals surface area contributed by atoms with E-state index in [9.17, 15) is 14.7 Å². The largest absolute Gasteiger partial charge is 0.480 e. The number of carbonyl (C=O) groups excluding carboxylic acids is 1. The lowest BCUT2D eigenvalue weighted by Gasteiger charge is -2.28. The predicted molar refractivity (Wildman–Crippen MR) is 84.7 cm³/mol. The number of carboxylic acid groups (broad SMARTS) is 1. The van der Waals surface area contributed by atoms with E-state index >= 15 is 0 Å². The van der Waals surface area contributed by atoms with Crippen molar-refractivity contribution in [1.29, 1.82) is 0 Å². The number of hydrogen-bond acceptors (Lipinski definition) is 3. The zero-order chi connectivity index (χ0) is 15.6. The second-order valence-corrected chi connectivity index (χ2v) is 6.67. The van der Waals surface area contributed by atoms with Crippen molar-refractivity contribution < 1.29 is 14.7 Å². The molecule has 1 N–H and O–H groups in total. The molecule has 114 valence electrons. The fraction of sp³-hybridized carbons (Fsp3) is 0.500. The van der Waals surface area contributed by atoms with Crippen LogP contribution in [0, 0.1) is 13.8 Å². The Hall–Kier alpha value is -1.49. The van der Waals surface area contributed by atoms with Crippen molar-refractivity contribution in [1.82, 2.24) is 4.90 Å². The number of hydrogen-bond donors (Lipinski definition) is 1. The molecule has 2 unspecified atom stereocenters. The molecule has 0 bridgehead atoms. The van der Waals surface area contributed by atoms with Crippen LogP contribution in [-0.2, 0) is 4.79 Å². The van der Waals surface area contributed by atoms with E-state index in [2.05, 4.69) is 6.92 Å². The molecule has 1 heterocycles. The first-order chi connectivity index (χ1) is 9.95. The van der Waals surface area contributed by atoms with Crippen LogP contribution in [0.1, 0.15) is 41.3 Å². The van der Waals surface area contributed by atoms with Gasteiger partial charge in [-0.1, -0.05) is 31.0 Å². The number of aliphatic carboxylic acids is 1. The van der Waals surface area contributed by atoms with E-state index in [0.29, 0.717) is 11.3 Å². The Morgan fingerprint density at radius 1 is 1.38 bits per heavy atom. The third-order valence-electron chi connectivity index (χ3n) is 3.76. The Morgan fingerprint density at radius 3 is 2.67 bits per heavy atom. The molecule has 2 rings (SSSR count). The zero-order valence-electron chi connectivity index (χ0n) is 12.6. The fourth-order valence-electron chi connectivity index (χ4n) is 2.69. The number of thioether (sulfide) groups is 1. The average Bonchev–Trinajstić information content (AvgIpc) is 2.82. The molecule has 0 radical (unpaired) electrons. The van der Waals surface area contributed by atoms with Crippen LogP contribution in [0.4, 0.5) is 0 Å². The molecular weight excluding hydrogens is 286 g/mol. The summed E-state index contributed by atoms with van der Waals surface area (Å²) in [7, 11) is 0. The van der Waals surface area contributed by atoms with Gasteiger partial charge in [0.05, 0.1) is 5.37 Å². The summed E-state index contributed by atoms with van der Waals surface area (Å²) in [6.07, 6.45) is 1.76. The van der Waals surface area contributed by atoms with Crippen LogP contribution in [0.25, 0.3) is 0 Å². The molecule has 1 aromatic carbocycles. The normalized spacial score (nSPS) is 21.6. The van der Waals surface area contributed by atoms with E-state index in [4.69, 9.17) is 0 Å². The molecule has 1 aliphatic rings. The first kappa shape index (κ1) is 15.9. The minimum absolute atomic E-state index is 0.0377. The summed E-state index contributed by atoms with van der Waals surface area (Å²) >= 11 is 1.57. The Kier molecular flexibility index (Phi) is 4.93. The fourth-order valence-corrected chi connectivity index (χ4v) is 4.20. The van der Waals surface area contributed by atoms with Crippen molar-refractivity contribution in [2.24, 2.45) is 0 Å². The zero-order valence-corrected chi connectivity index (χ0v) is 13.4. The summed E-state index contributed by atoms with van der Waals surface area (Å²) in [4.78, 5) is 25.8. The van der Waals surface area contributed by atoms with Crippen LogP contribution in [0.3, 0.4) is 0 Å². The number of carbonyl (C=O) groups is 2. The topological polar surface area (TPSA) is 57.6 Å². The van der Waals surface area contributed by atoms with Gasteiger partial charge in [0.15, 0.2) is 0 Å². The summed E-state index contributed by atoms with van der Waals surface area (Å²) in [5, 5.41) is 9.33. The molecule has 1 saturated heterocycles. The molecule has 0 aliphatic carbocycles. The van der Waals surface area contributed by atoms with Crippen LogP contribution < -0.4 is 0 Å². The highest BCUT2D eigenvalue weighted by molar-refractivity contribution is 8.00.